The molecule has 1 rings (SSSR count). The molecule has 0 saturated carbocycles. The Morgan fingerprint density at radius 3 is 1.64 bits per heavy atom. The lowest BCUT2D eigenvalue weighted by atomic mass is 10.3. The summed E-state index contributed by atoms with van der Waals surface area (Å²) in [5.74, 6) is 0.141. The molecule has 8 heteroatoms. The number of rotatable bonds is 13. The van der Waals surface area contributed by atoms with Gasteiger partial charge in [0, 0.05) is 39.7 Å². The van der Waals surface area contributed by atoms with Crippen LogP contribution in [-0.4, -0.2) is 101 Å². The van der Waals surface area contributed by atoms with Gasteiger partial charge in [0.25, 0.3) is 0 Å². The average molecular weight is 360 g/mol. The van der Waals surface area contributed by atoms with E-state index in [1.54, 1.807) is 16.7 Å². The standard InChI is InChI=1S/C17H32N2O6/c1-3-22-10-11-24-14-15-25-13-12-23-9-4-17(21)19-7-5-18(6-8-19)16(2)20/h3-15H2,1-2H3. The maximum Gasteiger partial charge on any atom is 0.225 e. The second kappa shape index (κ2) is 14.0. The van der Waals surface area contributed by atoms with Gasteiger partial charge in [-0.3, -0.25) is 9.59 Å². The molecule has 1 heterocycles. The molecule has 0 spiro atoms. The van der Waals surface area contributed by atoms with Crippen molar-refractivity contribution >= 4 is 11.8 Å². The number of carbonyl (C=O) groups is 2. The molecule has 0 unspecified atom stereocenters. The minimum absolute atomic E-state index is 0.0649. The van der Waals surface area contributed by atoms with Crippen molar-refractivity contribution in [2.24, 2.45) is 0 Å². The third kappa shape index (κ3) is 10.4. The Kier molecular flexibility index (Phi) is 12.2. The maximum absolute atomic E-state index is 12.0. The van der Waals surface area contributed by atoms with Crippen molar-refractivity contribution in [1.82, 2.24) is 9.80 Å². The normalized spacial score (nSPS) is 14.8. The number of piperazine rings is 1. The lowest BCUT2D eigenvalue weighted by Gasteiger charge is -2.34. The summed E-state index contributed by atoms with van der Waals surface area (Å²) in [5, 5.41) is 0. The Balaban J connectivity index is 1.88. The van der Waals surface area contributed by atoms with E-state index < -0.39 is 0 Å². The molecular weight excluding hydrogens is 328 g/mol. The highest BCUT2D eigenvalue weighted by atomic mass is 16.6. The van der Waals surface area contributed by atoms with E-state index in [1.165, 1.54) is 0 Å². The van der Waals surface area contributed by atoms with Gasteiger partial charge in [-0.25, -0.2) is 0 Å². The van der Waals surface area contributed by atoms with E-state index in [2.05, 4.69) is 0 Å². The summed E-state index contributed by atoms with van der Waals surface area (Å²) in [4.78, 5) is 26.8. The number of carbonyl (C=O) groups excluding carboxylic acids is 2. The minimum atomic E-state index is 0.0649. The first kappa shape index (κ1) is 21.8. The Hall–Kier alpha value is -1.22. The van der Waals surface area contributed by atoms with Crippen LogP contribution in [0.25, 0.3) is 0 Å². The molecule has 8 nitrogen and oxygen atoms in total. The van der Waals surface area contributed by atoms with Gasteiger partial charge in [-0.2, -0.15) is 0 Å². The van der Waals surface area contributed by atoms with Gasteiger partial charge in [0.2, 0.25) is 11.8 Å². The zero-order valence-corrected chi connectivity index (χ0v) is 15.5. The molecule has 146 valence electrons. The van der Waals surface area contributed by atoms with E-state index in [9.17, 15) is 9.59 Å². The summed E-state index contributed by atoms with van der Waals surface area (Å²) in [6.07, 6.45) is 0.362. The summed E-state index contributed by atoms with van der Waals surface area (Å²) < 4.78 is 21.3. The molecule has 1 aliphatic heterocycles. The van der Waals surface area contributed by atoms with Gasteiger partial charge in [0.1, 0.15) is 0 Å². The monoisotopic (exact) mass is 360 g/mol. The number of hydrogen-bond donors (Lipinski definition) is 0. The van der Waals surface area contributed by atoms with Crippen molar-refractivity contribution in [2.75, 3.05) is 79.0 Å². The molecule has 1 fully saturated rings. The second-order valence-electron chi connectivity index (χ2n) is 5.67. The van der Waals surface area contributed by atoms with Crippen LogP contribution in [-0.2, 0) is 28.5 Å². The van der Waals surface area contributed by atoms with Crippen LogP contribution >= 0.6 is 0 Å². The fourth-order valence-electron chi connectivity index (χ4n) is 2.39. The summed E-state index contributed by atoms with van der Waals surface area (Å²) in [6, 6.07) is 0. The molecular formula is C17H32N2O6. The largest absolute Gasteiger partial charge is 0.379 e. The van der Waals surface area contributed by atoms with E-state index in [4.69, 9.17) is 18.9 Å². The molecule has 0 aromatic rings. The summed E-state index contributed by atoms with van der Waals surface area (Å²) >= 11 is 0. The van der Waals surface area contributed by atoms with Gasteiger partial charge in [0.05, 0.1) is 52.7 Å². The minimum Gasteiger partial charge on any atom is -0.379 e. The van der Waals surface area contributed by atoms with Crippen LogP contribution in [0.1, 0.15) is 20.3 Å². The predicted molar refractivity (Wildman–Crippen MR) is 92.4 cm³/mol. The molecule has 0 N–H and O–H groups in total. The maximum atomic E-state index is 12.0. The zero-order chi connectivity index (χ0) is 18.3. The number of amides is 2. The summed E-state index contributed by atoms with van der Waals surface area (Å²) in [6.45, 7) is 10.2. The van der Waals surface area contributed by atoms with Crippen molar-refractivity contribution in [3.8, 4) is 0 Å². The van der Waals surface area contributed by atoms with E-state index in [0.29, 0.717) is 85.5 Å². The van der Waals surface area contributed by atoms with Crippen molar-refractivity contribution in [3.63, 3.8) is 0 Å². The highest BCUT2D eigenvalue weighted by Gasteiger charge is 2.21. The van der Waals surface area contributed by atoms with Crippen LogP contribution in [0.5, 0.6) is 0 Å². The number of nitrogens with zero attached hydrogens (tertiary/aromatic N) is 2. The smallest absolute Gasteiger partial charge is 0.225 e. The average Bonchev–Trinajstić information content (AvgIpc) is 2.62. The third-order valence-electron chi connectivity index (χ3n) is 3.86. The Morgan fingerprint density at radius 1 is 0.720 bits per heavy atom. The first-order valence-electron chi connectivity index (χ1n) is 8.99. The molecule has 0 aromatic carbocycles. The molecule has 1 saturated heterocycles. The summed E-state index contributed by atoms with van der Waals surface area (Å²) in [7, 11) is 0. The van der Waals surface area contributed by atoms with Gasteiger partial charge < -0.3 is 28.7 Å². The third-order valence-corrected chi connectivity index (χ3v) is 3.86. The first-order chi connectivity index (χ1) is 12.1. The quantitative estimate of drug-likeness (QED) is 0.435. The molecule has 2 amide bonds. The van der Waals surface area contributed by atoms with Crippen LogP contribution in [0.15, 0.2) is 0 Å². The van der Waals surface area contributed by atoms with Crippen LogP contribution in [0.2, 0.25) is 0 Å². The fraction of sp³-hybridized carbons (Fsp3) is 0.882. The van der Waals surface area contributed by atoms with Gasteiger partial charge in [0.15, 0.2) is 0 Å². The van der Waals surface area contributed by atoms with Gasteiger partial charge >= 0.3 is 0 Å². The van der Waals surface area contributed by atoms with Crippen LogP contribution < -0.4 is 0 Å². The van der Waals surface area contributed by atoms with Crippen molar-refractivity contribution in [1.29, 1.82) is 0 Å². The second-order valence-corrected chi connectivity index (χ2v) is 5.67. The van der Waals surface area contributed by atoms with Crippen molar-refractivity contribution in [3.05, 3.63) is 0 Å². The molecule has 0 radical (unpaired) electrons. The van der Waals surface area contributed by atoms with Crippen LogP contribution in [0.3, 0.4) is 0 Å². The Labute approximate surface area is 150 Å². The SMILES string of the molecule is CCOCCOCCOCCOCCC(=O)N1CCN(C(C)=O)CC1. The van der Waals surface area contributed by atoms with Gasteiger partial charge in [-0.1, -0.05) is 0 Å². The van der Waals surface area contributed by atoms with Gasteiger partial charge in [-0.15, -0.1) is 0 Å². The molecule has 25 heavy (non-hydrogen) atoms. The highest BCUT2D eigenvalue weighted by molar-refractivity contribution is 5.77. The van der Waals surface area contributed by atoms with Gasteiger partial charge in [-0.05, 0) is 6.92 Å². The Morgan fingerprint density at radius 2 is 1.16 bits per heavy atom. The molecule has 0 aromatic heterocycles. The number of hydrogen-bond acceptors (Lipinski definition) is 6. The summed E-state index contributed by atoms with van der Waals surface area (Å²) in [5.41, 5.74) is 0. The Bertz CT molecular complexity index is 372. The molecule has 0 aliphatic carbocycles. The predicted octanol–water partition coefficient (Wildman–Crippen LogP) is 0.154. The molecule has 0 bridgehead atoms. The van der Waals surface area contributed by atoms with Crippen LogP contribution in [0.4, 0.5) is 0 Å². The fourth-order valence-corrected chi connectivity index (χ4v) is 2.39. The van der Waals surface area contributed by atoms with Crippen LogP contribution in [0, 0.1) is 0 Å². The van der Waals surface area contributed by atoms with E-state index in [0.717, 1.165) is 0 Å². The lowest BCUT2D eigenvalue weighted by molar-refractivity contribution is -0.139. The van der Waals surface area contributed by atoms with E-state index in [-0.39, 0.29) is 11.8 Å². The van der Waals surface area contributed by atoms with Crippen molar-refractivity contribution < 1.29 is 28.5 Å². The zero-order valence-electron chi connectivity index (χ0n) is 15.5. The van der Waals surface area contributed by atoms with E-state index >= 15 is 0 Å². The van der Waals surface area contributed by atoms with Crippen molar-refractivity contribution in [2.45, 2.75) is 20.3 Å². The lowest BCUT2D eigenvalue weighted by Crippen LogP contribution is -2.50. The molecule has 0 atom stereocenters. The van der Waals surface area contributed by atoms with E-state index in [1.807, 2.05) is 6.92 Å². The highest BCUT2D eigenvalue weighted by Crippen LogP contribution is 2.04. The number of ether oxygens (including phenoxy) is 4. The first-order valence-corrected chi connectivity index (χ1v) is 8.99. The molecule has 1 aliphatic rings. The topological polar surface area (TPSA) is 77.5 Å².